The number of halogens is 3. The van der Waals surface area contributed by atoms with E-state index in [1.165, 1.54) is 18.2 Å². The fourth-order valence-electron chi connectivity index (χ4n) is 3.55. The Balaban J connectivity index is 0.000000745. The highest BCUT2D eigenvalue weighted by Gasteiger charge is 2.38. The number of likely N-dealkylation sites (tertiary alicyclic amines) is 1. The van der Waals surface area contributed by atoms with Crippen molar-refractivity contribution in [3.05, 3.63) is 64.7 Å². The number of amides is 2. The number of Topliss-reactive ketones (excluding diaryl/α,β-unsaturated/α-hetero) is 1. The summed E-state index contributed by atoms with van der Waals surface area (Å²) in [5, 5.41) is 26.2. The van der Waals surface area contributed by atoms with Gasteiger partial charge in [-0.2, -0.15) is 13.2 Å². The molecule has 0 spiro atoms. The molecule has 0 aromatic heterocycles. The number of ketones is 1. The minimum Gasteiger partial charge on any atom is -0.491 e. The number of alkyl halides is 3. The molecule has 15 heteroatoms. The predicted molar refractivity (Wildman–Crippen MR) is 137 cm³/mol. The summed E-state index contributed by atoms with van der Waals surface area (Å²) in [7, 11) is 0. The van der Waals surface area contributed by atoms with Crippen molar-refractivity contribution in [3.63, 3.8) is 0 Å². The summed E-state index contributed by atoms with van der Waals surface area (Å²) in [5.41, 5.74) is 7.11. The Morgan fingerprint density at radius 1 is 0.951 bits per heavy atom. The maximum absolute atomic E-state index is 12.4. The second-order valence-corrected chi connectivity index (χ2v) is 8.63. The number of rotatable bonds is 10. The van der Waals surface area contributed by atoms with Gasteiger partial charge in [0.05, 0.1) is 6.54 Å². The Labute approximate surface area is 231 Å². The molecule has 1 saturated heterocycles. The van der Waals surface area contributed by atoms with E-state index in [0.29, 0.717) is 22.3 Å². The summed E-state index contributed by atoms with van der Waals surface area (Å²) in [6, 6.07) is 10.9. The summed E-state index contributed by atoms with van der Waals surface area (Å²) in [5.74, 6) is -5.69. The molecule has 0 aliphatic carbocycles. The van der Waals surface area contributed by atoms with Crippen molar-refractivity contribution in [1.82, 2.24) is 10.2 Å². The molecule has 0 bridgehead atoms. The van der Waals surface area contributed by atoms with Crippen LogP contribution in [-0.2, 0) is 20.8 Å². The van der Waals surface area contributed by atoms with E-state index in [9.17, 15) is 32.3 Å². The SMILES string of the molecule is N=C(N)c1ccc(CC(=O)C(=O)O)c(OCCNC(=O)c2ccc(C(=O)N3CCCC3)cc2)c1.O=C(O)C(F)(F)F. The highest BCUT2D eigenvalue weighted by atomic mass is 19.4. The van der Waals surface area contributed by atoms with Crippen LogP contribution in [0, 0.1) is 5.41 Å². The van der Waals surface area contributed by atoms with Crippen LogP contribution in [0.25, 0.3) is 0 Å². The quantitative estimate of drug-likeness (QED) is 0.120. The number of hydrogen-bond donors (Lipinski definition) is 5. The Morgan fingerprint density at radius 2 is 1.49 bits per heavy atom. The zero-order valence-electron chi connectivity index (χ0n) is 21.5. The fourth-order valence-corrected chi connectivity index (χ4v) is 3.55. The number of ether oxygens (including phenoxy) is 1. The summed E-state index contributed by atoms with van der Waals surface area (Å²) < 4.78 is 37.4. The molecule has 1 aliphatic rings. The van der Waals surface area contributed by atoms with Crippen molar-refractivity contribution in [3.8, 4) is 5.75 Å². The van der Waals surface area contributed by atoms with Gasteiger partial charge in [-0.25, -0.2) is 9.59 Å². The number of nitrogen functional groups attached to an aromatic ring is 1. The zero-order valence-corrected chi connectivity index (χ0v) is 21.5. The Bertz CT molecular complexity index is 1310. The molecule has 0 unspecified atom stereocenters. The number of benzene rings is 2. The lowest BCUT2D eigenvalue weighted by atomic mass is 10.0. The smallest absolute Gasteiger partial charge is 0.490 e. The first-order valence-electron chi connectivity index (χ1n) is 12.0. The number of carbonyl (C=O) groups is 5. The lowest BCUT2D eigenvalue weighted by molar-refractivity contribution is -0.192. The first-order chi connectivity index (χ1) is 19.2. The minimum absolute atomic E-state index is 0.0346. The molecule has 0 atom stereocenters. The summed E-state index contributed by atoms with van der Waals surface area (Å²) >= 11 is 0. The topological polar surface area (TPSA) is 200 Å². The average Bonchev–Trinajstić information content (AvgIpc) is 3.46. The van der Waals surface area contributed by atoms with E-state index in [1.807, 2.05) is 0 Å². The predicted octanol–water partition coefficient (Wildman–Crippen LogP) is 1.84. The number of nitrogens with zero attached hydrogens (tertiary/aromatic N) is 1. The third-order valence-corrected chi connectivity index (χ3v) is 5.64. The summed E-state index contributed by atoms with van der Waals surface area (Å²) in [4.78, 5) is 58.0. The van der Waals surface area contributed by atoms with Gasteiger partial charge in [-0.05, 0) is 43.2 Å². The lowest BCUT2D eigenvalue weighted by Gasteiger charge is -2.15. The molecule has 1 heterocycles. The van der Waals surface area contributed by atoms with Gasteiger partial charge in [0.25, 0.3) is 11.8 Å². The van der Waals surface area contributed by atoms with Crippen LogP contribution in [0.2, 0.25) is 0 Å². The third kappa shape index (κ3) is 9.94. The van der Waals surface area contributed by atoms with Crippen LogP contribution < -0.4 is 15.8 Å². The Kier molecular flexibility index (Phi) is 11.4. The van der Waals surface area contributed by atoms with Gasteiger partial charge in [0, 0.05) is 41.8 Å². The van der Waals surface area contributed by atoms with Gasteiger partial charge < -0.3 is 30.9 Å². The van der Waals surface area contributed by atoms with Crippen LogP contribution in [0.3, 0.4) is 0 Å². The van der Waals surface area contributed by atoms with E-state index in [2.05, 4.69) is 5.32 Å². The third-order valence-electron chi connectivity index (χ3n) is 5.64. The monoisotopic (exact) mass is 580 g/mol. The van der Waals surface area contributed by atoms with Gasteiger partial charge in [-0.1, -0.05) is 12.1 Å². The fraction of sp³-hybridized carbons (Fsp3) is 0.308. The molecule has 1 fully saturated rings. The van der Waals surface area contributed by atoms with Crippen molar-refractivity contribution < 1.29 is 52.1 Å². The first kappa shape index (κ1) is 32.3. The number of aliphatic carboxylic acids is 2. The van der Waals surface area contributed by atoms with Gasteiger partial charge in [0.15, 0.2) is 0 Å². The number of carboxylic acids is 2. The van der Waals surface area contributed by atoms with E-state index in [0.717, 1.165) is 25.9 Å². The molecular formula is C26H27F3N4O8. The van der Waals surface area contributed by atoms with E-state index in [-0.39, 0.29) is 43.0 Å². The molecule has 3 rings (SSSR count). The van der Waals surface area contributed by atoms with Gasteiger partial charge in [0.1, 0.15) is 18.2 Å². The largest absolute Gasteiger partial charge is 0.491 e. The normalized spacial score (nSPS) is 12.5. The molecule has 220 valence electrons. The number of nitrogens with one attached hydrogen (secondary N) is 2. The molecule has 2 amide bonds. The molecular weight excluding hydrogens is 553 g/mol. The van der Waals surface area contributed by atoms with Gasteiger partial charge in [-0.3, -0.25) is 19.8 Å². The molecule has 6 N–H and O–H groups in total. The minimum atomic E-state index is -5.08. The van der Waals surface area contributed by atoms with Gasteiger partial charge in [0.2, 0.25) is 5.78 Å². The number of nitrogens with two attached hydrogens (primary N) is 1. The zero-order chi connectivity index (χ0) is 30.7. The summed E-state index contributed by atoms with van der Waals surface area (Å²) in [6.07, 6.45) is -3.45. The second kappa shape index (κ2) is 14.4. The molecule has 1 aliphatic heterocycles. The lowest BCUT2D eigenvalue weighted by Crippen LogP contribution is -2.29. The second-order valence-electron chi connectivity index (χ2n) is 8.63. The van der Waals surface area contributed by atoms with Crippen LogP contribution in [0.1, 0.15) is 44.7 Å². The Morgan fingerprint density at radius 3 is 2.00 bits per heavy atom. The van der Waals surface area contributed by atoms with E-state index in [1.54, 1.807) is 29.2 Å². The standard InChI is InChI=1S/C24H26N4O6.C2HF3O2/c25-21(26)18-8-7-17(13-19(29)24(32)33)20(14-18)34-12-9-27-22(30)15-3-5-16(6-4-15)23(31)28-10-1-2-11-28;3-2(4,5)1(6)7/h3-8,14H,1-2,9-13H2,(H3,25,26)(H,27,30)(H,32,33);(H,6,7). The summed E-state index contributed by atoms with van der Waals surface area (Å²) in [6.45, 7) is 1.67. The molecule has 0 radical (unpaired) electrons. The van der Waals surface area contributed by atoms with Crippen LogP contribution in [0.5, 0.6) is 5.75 Å². The highest BCUT2D eigenvalue weighted by molar-refractivity contribution is 6.33. The van der Waals surface area contributed by atoms with Crippen LogP contribution in [0.15, 0.2) is 42.5 Å². The molecule has 2 aromatic carbocycles. The van der Waals surface area contributed by atoms with Crippen molar-refractivity contribution in [2.75, 3.05) is 26.2 Å². The van der Waals surface area contributed by atoms with E-state index >= 15 is 0 Å². The van der Waals surface area contributed by atoms with E-state index < -0.39 is 23.9 Å². The van der Waals surface area contributed by atoms with Crippen molar-refractivity contribution >= 4 is 35.4 Å². The van der Waals surface area contributed by atoms with Crippen LogP contribution in [0.4, 0.5) is 13.2 Å². The van der Waals surface area contributed by atoms with Crippen molar-refractivity contribution in [2.45, 2.75) is 25.4 Å². The average molecular weight is 581 g/mol. The molecule has 41 heavy (non-hydrogen) atoms. The number of amidine groups is 1. The van der Waals surface area contributed by atoms with Gasteiger partial charge >= 0.3 is 18.1 Å². The molecule has 2 aromatic rings. The van der Waals surface area contributed by atoms with Gasteiger partial charge in [-0.15, -0.1) is 0 Å². The first-order valence-corrected chi connectivity index (χ1v) is 12.0. The van der Waals surface area contributed by atoms with Crippen molar-refractivity contribution in [2.24, 2.45) is 5.73 Å². The van der Waals surface area contributed by atoms with Crippen LogP contribution in [-0.4, -0.2) is 82.9 Å². The number of carbonyl (C=O) groups excluding carboxylic acids is 3. The van der Waals surface area contributed by atoms with Crippen molar-refractivity contribution in [1.29, 1.82) is 5.41 Å². The van der Waals surface area contributed by atoms with E-state index in [4.69, 9.17) is 30.9 Å². The molecule has 12 nitrogen and oxygen atoms in total. The number of hydrogen-bond acceptors (Lipinski definition) is 7. The highest BCUT2D eigenvalue weighted by Crippen LogP contribution is 2.22. The maximum atomic E-state index is 12.4. The molecule has 0 saturated carbocycles. The van der Waals surface area contributed by atoms with Crippen LogP contribution >= 0.6 is 0 Å². The number of carboxylic acid groups (broad SMARTS) is 2. The maximum Gasteiger partial charge on any atom is 0.490 e. The Hall–Kier alpha value is -4.95.